The highest BCUT2D eigenvalue weighted by molar-refractivity contribution is 6.35. The Morgan fingerprint density at radius 1 is 0.877 bits per heavy atom. The fourth-order valence-corrected chi connectivity index (χ4v) is 12.4. The predicted molar refractivity (Wildman–Crippen MR) is 216 cm³/mol. The fraction of sp³-hybridized carbons (Fsp3) is 0.500. The highest BCUT2D eigenvalue weighted by Crippen LogP contribution is 2.53. The van der Waals surface area contributed by atoms with Crippen LogP contribution in [0.25, 0.3) is 16.6 Å². The number of carbonyl (C=O) groups excluding carboxylic acids is 3. The summed E-state index contributed by atoms with van der Waals surface area (Å²) in [5.41, 5.74) is 6.97. The van der Waals surface area contributed by atoms with Gasteiger partial charge >= 0.3 is 0 Å². The molecule has 0 bridgehead atoms. The van der Waals surface area contributed by atoms with Crippen LogP contribution in [-0.4, -0.2) is 68.9 Å². The van der Waals surface area contributed by atoms with Crippen LogP contribution in [-0.2, 0) is 33.4 Å². The van der Waals surface area contributed by atoms with E-state index >= 15 is 0 Å². The Kier molecular flexibility index (Phi) is 8.27. The summed E-state index contributed by atoms with van der Waals surface area (Å²) in [6.45, 7) is 3.06. The minimum atomic E-state index is -0.627. The second kappa shape index (κ2) is 13.2. The van der Waals surface area contributed by atoms with E-state index in [1.54, 1.807) is 11.0 Å². The van der Waals surface area contributed by atoms with Crippen molar-refractivity contribution in [3.05, 3.63) is 97.5 Å². The number of piperidine rings is 2. The molecular formula is C46H48ClN5O5. The van der Waals surface area contributed by atoms with E-state index in [9.17, 15) is 19.2 Å². The number of imide groups is 1. The average molecular weight is 786 g/mol. The summed E-state index contributed by atoms with van der Waals surface area (Å²) in [5.74, 6) is 1.57. The number of ether oxygens (including phenoxy) is 1. The van der Waals surface area contributed by atoms with Crippen molar-refractivity contribution < 1.29 is 19.1 Å². The zero-order chi connectivity index (χ0) is 38.6. The van der Waals surface area contributed by atoms with Crippen molar-refractivity contribution in [3.63, 3.8) is 0 Å². The van der Waals surface area contributed by atoms with Crippen LogP contribution < -0.4 is 15.6 Å². The number of carbonyl (C=O) groups is 3. The summed E-state index contributed by atoms with van der Waals surface area (Å²) in [6, 6.07) is 16.9. The van der Waals surface area contributed by atoms with Gasteiger partial charge in [0.15, 0.2) is 0 Å². The number of hydrogen-bond donors (Lipinski definition) is 1. The fourth-order valence-electron chi connectivity index (χ4n) is 12.1. The second-order valence-corrected chi connectivity index (χ2v) is 18.5. The summed E-state index contributed by atoms with van der Waals surface area (Å²) >= 11 is 6.61. The molecule has 3 amide bonds. The van der Waals surface area contributed by atoms with Crippen LogP contribution in [0.2, 0.25) is 5.02 Å². The van der Waals surface area contributed by atoms with Gasteiger partial charge in [-0.1, -0.05) is 55.1 Å². The Labute approximate surface area is 336 Å². The lowest BCUT2D eigenvalue weighted by atomic mass is 9.69. The molecule has 5 aliphatic heterocycles. The molecule has 2 saturated heterocycles. The Balaban J connectivity index is 0.761. The molecule has 11 heteroatoms. The summed E-state index contributed by atoms with van der Waals surface area (Å²) in [6.07, 6.45) is 14.1. The molecule has 6 heterocycles. The lowest BCUT2D eigenvalue weighted by molar-refractivity contribution is -0.136. The number of nitrogens with one attached hydrogen (secondary N) is 1. The van der Waals surface area contributed by atoms with Gasteiger partial charge < -0.3 is 14.5 Å². The van der Waals surface area contributed by atoms with Crippen molar-refractivity contribution in [2.45, 2.75) is 119 Å². The van der Waals surface area contributed by atoms with Gasteiger partial charge in [-0.05, 0) is 119 Å². The maximum absolute atomic E-state index is 13.4. The molecule has 0 unspecified atom stereocenters. The first-order valence-electron chi connectivity index (χ1n) is 21.3. The SMILES string of the molecule is O=C1CC[C@@H](N2Cc3c(ccc4c3OCC43CCN(C4CCC(Cc5ccc6c(c5)-n5c(nc(=O)c7c(Cl)cccc75)C65CCCCC5)CC4)CC3)C2=O)C(=O)N1. The molecule has 10 nitrogen and oxygen atoms in total. The maximum Gasteiger partial charge on any atom is 0.282 e. The van der Waals surface area contributed by atoms with E-state index in [1.807, 2.05) is 18.2 Å². The van der Waals surface area contributed by atoms with Crippen LogP contribution in [0.5, 0.6) is 5.75 Å². The molecule has 11 rings (SSSR count). The van der Waals surface area contributed by atoms with Gasteiger partial charge in [-0.25, -0.2) is 0 Å². The Hall–Kier alpha value is -4.54. The van der Waals surface area contributed by atoms with E-state index < -0.39 is 6.04 Å². The van der Waals surface area contributed by atoms with E-state index in [1.165, 1.54) is 54.5 Å². The first-order valence-corrected chi connectivity index (χ1v) is 21.6. The molecule has 4 aromatic rings. The second-order valence-electron chi connectivity index (χ2n) is 18.1. The third-order valence-electron chi connectivity index (χ3n) is 15.2. The lowest BCUT2D eigenvalue weighted by Gasteiger charge is -2.44. The van der Waals surface area contributed by atoms with Crippen LogP contribution in [0, 0.1) is 5.92 Å². The molecule has 2 spiro atoms. The van der Waals surface area contributed by atoms with E-state index in [-0.39, 0.29) is 40.5 Å². The Morgan fingerprint density at radius 2 is 1.67 bits per heavy atom. The number of fused-ring (bicyclic) bond motifs is 11. The van der Waals surface area contributed by atoms with Crippen molar-refractivity contribution in [1.29, 1.82) is 0 Å². The summed E-state index contributed by atoms with van der Waals surface area (Å²) < 4.78 is 8.72. The summed E-state index contributed by atoms with van der Waals surface area (Å²) in [4.78, 5) is 60.3. The minimum Gasteiger partial charge on any atom is -0.492 e. The highest BCUT2D eigenvalue weighted by atomic mass is 35.5. The Bertz CT molecular complexity index is 2440. The summed E-state index contributed by atoms with van der Waals surface area (Å²) in [7, 11) is 0. The van der Waals surface area contributed by atoms with Crippen LogP contribution in [0.3, 0.4) is 0 Å². The van der Waals surface area contributed by atoms with Crippen molar-refractivity contribution in [1.82, 2.24) is 24.7 Å². The monoisotopic (exact) mass is 785 g/mol. The van der Waals surface area contributed by atoms with Crippen LogP contribution in [0.1, 0.15) is 122 Å². The molecule has 2 aliphatic carbocycles. The van der Waals surface area contributed by atoms with Crippen molar-refractivity contribution >= 4 is 40.2 Å². The predicted octanol–water partition coefficient (Wildman–Crippen LogP) is 6.89. The maximum atomic E-state index is 13.4. The molecule has 1 N–H and O–H groups in total. The van der Waals surface area contributed by atoms with Gasteiger partial charge in [0.05, 0.1) is 40.2 Å². The van der Waals surface area contributed by atoms with E-state index in [0.717, 1.165) is 80.7 Å². The normalized spacial score (nSPS) is 26.0. The number of likely N-dealkylation sites (tertiary alicyclic amines) is 1. The number of nitrogens with zero attached hydrogens (tertiary/aromatic N) is 4. The molecule has 2 saturated carbocycles. The molecule has 0 radical (unpaired) electrons. The van der Waals surface area contributed by atoms with E-state index in [4.69, 9.17) is 21.3 Å². The molecule has 3 aromatic carbocycles. The third-order valence-corrected chi connectivity index (χ3v) is 15.5. The summed E-state index contributed by atoms with van der Waals surface area (Å²) in [5, 5.41) is 3.38. The standard InChI is InChI=1S/C46H48ClN5O5/c47-34-5-4-6-35-39(34)42(55)49-44-46(17-2-1-3-18-46)32-13-9-28(24-37(32)52(35)44)23-27-7-10-29(11-8-27)50-21-19-45(20-22-50)26-57-40-31-25-51(36-15-16-38(53)48-41(36)54)43(56)30(31)12-14-33(40)45/h4-6,9,12-14,24,27,29,36H,1-3,7-8,10-11,15-23,25-26H2,(H,48,53,54)/t27?,29?,36-/m1/s1. The Morgan fingerprint density at radius 3 is 2.46 bits per heavy atom. The van der Waals surface area contributed by atoms with Crippen molar-refractivity contribution in [3.8, 4) is 11.4 Å². The first kappa shape index (κ1) is 35.6. The zero-order valence-electron chi connectivity index (χ0n) is 32.3. The van der Waals surface area contributed by atoms with E-state index in [0.29, 0.717) is 47.5 Å². The largest absolute Gasteiger partial charge is 0.492 e. The number of amides is 3. The lowest BCUT2D eigenvalue weighted by Crippen LogP contribution is -2.52. The average Bonchev–Trinajstić information content (AvgIpc) is 3.83. The topological polar surface area (TPSA) is 114 Å². The number of halogens is 1. The highest BCUT2D eigenvalue weighted by Gasteiger charge is 2.49. The number of aromatic nitrogens is 2. The third kappa shape index (κ3) is 5.42. The molecular weight excluding hydrogens is 738 g/mol. The number of hydrogen-bond acceptors (Lipinski definition) is 7. The quantitative estimate of drug-likeness (QED) is 0.224. The minimum absolute atomic E-state index is 0.0506. The first-order chi connectivity index (χ1) is 27.7. The van der Waals surface area contributed by atoms with Gasteiger partial charge in [0.25, 0.3) is 11.5 Å². The van der Waals surface area contributed by atoms with Crippen LogP contribution in [0.15, 0.2) is 53.3 Å². The molecule has 7 aliphatic rings. The molecule has 1 aromatic heterocycles. The van der Waals surface area contributed by atoms with Gasteiger partial charge in [0, 0.05) is 34.6 Å². The van der Waals surface area contributed by atoms with Crippen LogP contribution >= 0.6 is 11.6 Å². The zero-order valence-corrected chi connectivity index (χ0v) is 33.0. The van der Waals surface area contributed by atoms with Gasteiger partial charge in [0.1, 0.15) is 17.6 Å². The van der Waals surface area contributed by atoms with Crippen molar-refractivity contribution in [2.75, 3.05) is 19.7 Å². The molecule has 4 fully saturated rings. The molecule has 1 atom stereocenters. The van der Waals surface area contributed by atoms with Gasteiger partial charge in [-0.15, -0.1) is 0 Å². The van der Waals surface area contributed by atoms with E-state index in [2.05, 4.69) is 39.0 Å². The molecule has 57 heavy (non-hydrogen) atoms. The number of rotatable bonds is 4. The van der Waals surface area contributed by atoms with Gasteiger partial charge in [-0.3, -0.25) is 29.1 Å². The number of benzene rings is 3. The molecule has 294 valence electrons. The van der Waals surface area contributed by atoms with Gasteiger partial charge in [0.2, 0.25) is 11.8 Å². The van der Waals surface area contributed by atoms with Crippen LogP contribution in [0.4, 0.5) is 0 Å². The van der Waals surface area contributed by atoms with Gasteiger partial charge in [-0.2, -0.15) is 4.98 Å². The smallest absolute Gasteiger partial charge is 0.282 e. The van der Waals surface area contributed by atoms with Crippen molar-refractivity contribution in [2.24, 2.45) is 5.92 Å².